The molecule has 1 aromatic carbocycles. The van der Waals surface area contributed by atoms with Crippen molar-refractivity contribution in [2.24, 2.45) is 0 Å². The Labute approximate surface area is 140 Å². The summed E-state index contributed by atoms with van der Waals surface area (Å²) in [5, 5.41) is 4.54. The van der Waals surface area contributed by atoms with Gasteiger partial charge in [-0.1, -0.05) is 30.3 Å². The summed E-state index contributed by atoms with van der Waals surface area (Å²) in [6.45, 7) is 5.69. The zero-order valence-corrected chi connectivity index (χ0v) is 14.0. The van der Waals surface area contributed by atoms with Crippen LogP contribution in [0.4, 0.5) is 5.82 Å². The second-order valence-corrected chi connectivity index (χ2v) is 6.05. The Hall–Kier alpha value is -2.95. The Balaban J connectivity index is 2.26. The molecule has 2 aromatic heterocycles. The molecule has 0 amide bonds. The fourth-order valence-corrected chi connectivity index (χ4v) is 2.62. The van der Waals surface area contributed by atoms with E-state index in [4.69, 9.17) is 5.73 Å². The van der Waals surface area contributed by atoms with Gasteiger partial charge in [-0.15, -0.1) is 0 Å². The van der Waals surface area contributed by atoms with Crippen molar-refractivity contribution in [3.05, 3.63) is 64.4 Å². The maximum atomic E-state index is 12.3. The van der Waals surface area contributed by atoms with Gasteiger partial charge in [-0.05, 0) is 39.0 Å². The Morgan fingerprint density at radius 2 is 1.79 bits per heavy atom. The summed E-state index contributed by atoms with van der Waals surface area (Å²) in [6, 6.07) is 15.3. The van der Waals surface area contributed by atoms with Gasteiger partial charge >= 0.3 is 0 Å². The van der Waals surface area contributed by atoms with E-state index in [0.717, 1.165) is 16.8 Å². The third-order valence-electron chi connectivity index (χ3n) is 3.84. The lowest BCUT2D eigenvalue weighted by molar-refractivity contribution is 0.502. The summed E-state index contributed by atoms with van der Waals surface area (Å²) in [6.07, 6.45) is 0. The number of nitrogen functional groups attached to an aromatic ring is 1. The zero-order valence-electron chi connectivity index (χ0n) is 14.0. The van der Waals surface area contributed by atoms with Crippen LogP contribution in [0.25, 0.3) is 22.5 Å². The van der Waals surface area contributed by atoms with Gasteiger partial charge < -0.3 is 5.73 Å². The standard InChI is InChI=1S/C19H20N4O/c1-12(2)23-19(24)13(3)11-16(22-23)15-9-10-17(20)21-18(15)14-7-5-4-6-8-14/h4-12H,1-3H3,(H2,20,21). The number of rotatable bonds is 3. The highest BCUT2D eigenvalue weighted by atomic mass is 16.1. The van der Waals surface area contributed by atoms with Gasteiger partial charge in [0.05, 0.1) is 17.4 Å². The van der Waals surface area contributed by atoms with Gasteiger partial charge in [0.25, 0.3) is 5.56 Å². The lowest BCUT2D eigenvalue weighted by atomic mass is 10.0. The topological polar surface area (TPSA) is 73.8 Å². The molecule has 0 bridgehead atoms. The van der Waals surface area contributed by atoms with Gasteiger partial charge in [0.15, 0.2) is 0 Å². The number of benzene rings is 1. The van der Waals surface area contributed by atoms with E-state index in [1.165, 1.54) is 4.68 Å². The normalized spacial score (nSPS) is 11.0. The van der Waals surface area contributed by atoms with Crippen molar-refractivity contribution in [1.82, 2.24) is 14.8 Å². The summed E-state index contributed by atoms with van der Waals surface area (Å²) < 4.78 is 1.51. The van der Waals surface area contributed by atoms with Gasteiger partial charge in [-0.25, -0.2) is 9.67 Å². The molecule has 0 atom stereocenters. The first-order valence-corrected chi connectivity index (χ1v) is 7.90. The molecule has 2 heterocycles. The van der Waals surface area contributed by atoms with Gasteiger partial charge in [0.2, 0.25) is 0 Å². The van der Waals surface area contributed by atoms with E-state index in [-0.39, 0.29) is 11.6 Å². The van der Waals surface area contributed by atoms with E-state index in [0.29, 0.717) is 17.1 Å². The quantitative estimate of drug-likeness (QED) is 0.802. The molecule has 3 aromatic rings. The van der Waals surface area contributed by atoms with Crippen LogP contribution in [0.5, 0.6) is 0 Å². The maximum absolute atomic E-state index is 12.3. The van der Waals surface area contributed by atoms with Crippen LogP contribution < -0.4 is 11.3 Å². The lowest BCUT2D eigenvalue weighted by Gasteiger charge is -2.14. The van der Waals surface area contributed by atoms with Crippen molar-refractivity contribution in [3.8, 4) is 22.5 Å². The number of aromatic nitrogens is 3. The van der Waals surface area contributed by atoms with E-state index in [1.807, 2.05) is 50.2 Å². The van der Waals surface area contributed by atoms with E-state index in [2.05, 4.69) is 10.1 Å². The molecule has 0 saturated carbocycles. The molecule has 2 N–H and O–H groups in total. The molecule has 3 rings (SSSR count). The van der Waals surface area contributed by atoms with E-state index in [1.54, 1.807) is 19.1 Å². The predicted octanol–water partition coefficient (Wildman–Crippen LogP) is 3.44. The highest BCUT2D eigenvalue weighted by Crippen LogP contribution is 2.30. The highest BCUT2D eigenvalue weighted by molar-refractivity contribution is 5.80. The van der Waals surface area contributed by atoms with Gasteiger partial charge in [-0.3, -0.25) is 4.79 Å². The smallest absolute Gasteiger partial charge is 0.269 e. The molecule has 0 unspecified atom stereocenters. The molecule has 0 aliphatic heterocycles. The lowest BCUT2D eigenvalue weighted by Crippen LogP contribution is -2.26. The molecule has 0 radical (unpaired) electrons. The summed E-state index contributed by atoms with van der Waals surface area (Å²) in [7, 11) is 0. The van der Waals surface area contributed by atoms with E-state index >= 15 is 0 Å². The number of hydrogen-bond donors (Lipinski definition) is 1. The van der Waals surface area contributed by atoms with Gasteiger partial charge in [0, 0.05) is 16.7 Å². The van der Waals surface area contributed by atoms with Crippen LogP contribution in [0.3, 0.4) is 0 Å². The van der Waals surface area contributed by atoms with Gasteiger partial charge in [0.1, 0.15) is 5.82 Å². The molecule has 0 fully saturated rings. The van der Waals surface area contributed by atoms with Crippen LogP contribution in [-0.4, -0.2) is 14.8 Å². The molecule has 5 nitrogen and oxygen atoms in total. The highest BCUT2D eigenvalue weighted by Gasteiger charge is 2.14. The Morgan fingerprint density at radius 3 is 2.46 bits per heavy atom. The fourth-order valence-electron chi connectivity index (χ4n) is 2.62. The van der Waals surface area contributed by atoms with Crippen molar-refractivity contribution >= 4 is 5.82 Å². The van der Waals surface area contributed by atoms with E-state index in [9.17, 15) is 4.79 Å². The zero-order chi connectivity index (χ0) is 17.3. The minimum atomic E-state index is -0.0709. The number of nitrogens with zero attached hydrogens (tertiary/aromatic N) is 3. The second kappa shape index (κ2) is 6.28. The van der Waals surface area contributed by atoms with Crippen molar-refractivity contribution in [1.29, 1.82) is 0 Å². The average molecular weight is 320 g/mol. The molecule has 0 aliphatic carbocycles. The Bertz CT molecular complexity index is 930. The van der Waals surface area contributed by atoms with Crippen LogP contribution in [0.1, 0.15) is 25.5 Å². The summed E-state index contributed by atoms with van der Waals surface area (Å²) in [4.78, 5) is 16.8. The minimum Gasteiger partial charge on any atom is -0.384 e. The molecule has 24 heavy (non-hydrogen) atoms. The molecule has 5 heteroatoms. The van der Waals surface area contributed by atoms with Crippen molar-refractivity contribution < 1.29 is 0 Å². The van der Waals surface area contributed by atoms with Crippen LogP contribution in [-0.2, 0) is 0 Å². The monoisotopic (exact) mass is 320 g/mol. The van der Waals surface area contributed by atoms with Crippen LogP contribution >= 0.6 is 0 Å². The number of nitrogens with two attached hydrogens (primary N) is 1. The van der Waals surface area contributed by atoms with Crippen LogP contribution in [0.2, 0.25) is 0 Å². The largest absolute Gasteiger partial charge is 0.384 e. The third-order valence-corrected chi connectivity index (χ3v) is 3.84. The summed E-state index contributed by atoms with van der Waals surface area (Å²) in [5.74, 6) is 0.450. The number of anilines is 1. The molecule has 0 saturated heterocycles. The molecular weight excluding hydrogens is 300 g/mol. The van der Waals surface area contributed by atoms with Crippen LogP contribution in [0.15, 0.2) is 53.3 Å². The first kappa shape index (κ1) is 15.9. The van der Waals surface area contributed by atoms with Gasteiger partial charge in [-0.2, -0.15) is 5.10 Å². The number of pyridine rings is 1. The minimum absolute atomic E-state index is 0.0157. The van der Waals surface area contributed by atoms with E-state index < -0.39 is 0 Å². The first-order chi connectivity index (χ1) is 11.5. The van der Waals surface area contributed by atoms with Crippen molar-refractivity contribution in [2.75, 3.05) is 5.73 Å². The molecule has 0 aliphatic rings. The predicted molar refractivity (Wildman–Crippen MR) is 96.7 cm³/mol. The first-order valence-electron chi connectivity index (χ1n) is 7.90. The van der Waals surface area contributed by atoms with Crippen molar-refractivity contribution in [3.63, 3.8) is 0 Å². The summed E-state index contributed by atoms with van der Waals surface area (Å²) >= 11 is 0. The second-order valence-electron chi connectivity index (χ2n) is 6.05. The number of aryl methyl sites for hydroxylation is 1. The third kappa shape index (κ3) is 2.93. The SMILES string of the molecule is Cc1cc(-c2ccc(N)nc2-c2ccccc2)nn(C(C)C)c1=O. The molecule has 0 spiro atoms. The van der Waals surface area contributed by atoms with Crippen LogP contribution in [0, 0.1) is 6.92 Å². The Morgan fingerprint density at radius 1 is 1.08 bits per heavy atom. The average Bonchev–Trinajstić information content (AvgIpc) is 2.57. The maximum Gasteiger partial charge on any atom is 0.269 e. The fraction of sp³-hybridized carbons (Fsp3) is 0.211. The van der Waals surface area contributed by atoms with Crippen molar-refractivity contribution in [2.45, 2.75) is 26.8 Å². The molecule has 122 valence electrons. The summed E-state index contributed by atoms with van der Waals surface area (Å²) in [5.41, 5.74) is 9.76. The number of hydrogen-bond acceptors (Lipinski definition) is 4. The molecular formula is C19H20N4O. The Kier molecular flexibility index (Phi) is 4.16.